The first-order valence-corrected chi connectivity index (χ1v) is 11.7. The lowest BCUT2D eigenvalue weighted by atomic mass is 9.88. The van der Waals surface area contributed by atoms with Gasteiger partial charge in [-0.2, -0.15) is 0 Å². The number of benzene rings is 1. The van der Waals surface area contributed by atoms with Crippen molar-refractivity contribution in [2.75, 3.05) is 20.2 Å². The van der Waals surface area contributed by atoms with Crippen LogP contribution in [0.15, 0.2) is 29.6 Å². The number of ether oxygens (including phenoxy) is 1. The van der Waals surface area contributed by atoms with Crippen LogP contribution in [0.25, 0.3) is 0 Å². The molecule has 2 amide bonds. The number of hydrogen-bond donors (Lipinski definition) is 1. The van der Waals surface area contributed by atoms with Gasteiger partial charge in [0.15, 0.2) is 0 Å². The molecule has 30 heavy (non-hydrogen) atoms. The number of rotatable bonds is 5. The standard InChI is InChI=1S/C24H30N2O3S/c1-16-7-8-19-20(15-30-22(19)13-16)24(28)25-18-9-11-26(12-10-18)23(27)14-17-5-3-4-6-21(17)29-2/h3-6,15-16,18H,7-14H2,1-2H3,(H,25,28). The van der Waals surface area contributed by atoms with Gasteiger partial charge in [-0.3, -0.25) is 9.59 Å². The van der Waals surface area contributed by atoms with Gasteiger partial charge < -0.3 is 15.0 Å². The monoisotopic (exact) mass is 426 g/mol. The van der Waals surface area contributed by atoms with Crippen molar-refractivity contribution in [1.82, 2.24) is 10.2 Å². The zero-order valence-electron chi connectivity index (χ0n) is 17.8. The molecule has 6 heteroatoms. The van der Waals surface area contributed by atoms with Gasteiger partial charge in [0.05, 0.1) is 19.1 Å². The van der Waals surface area contributed by atoms with E-state index in [0.29, 0.717) is 25.4 Å². The van der Waals surface area contributed by atoms with E-state index >= 15 is 0 Å². The van der Waals surface area contributed by atoms with Crippen molar-refractivity contribution in [3.05, 3.63) is 51.2 Å². The Morgan fingerprint density at radius 1 is 1.20 bits per heavy atom. The molecule has 2 heterocycles. The molecule has 1 N–H and O–H groups in total. The summed E-state index contributed by atoms with van der Waals surface area (Å²) in [5.74, 6) is 1.64. The second-order valence-electron chi connectivity index (χ2n) is 8.52. The third-order valence-corrected chi connectivity index (χ3v) is 7.41. The highest BCUT2D eigenvalue weighted by Gasteiger charge is 2.27. The molecular formula is C24H30N2O3S. The highest BCUT2D eigenvalue weighted by molar-refractivity contribution is 7.10. The number of nitrogens with zero attached hydrogens (tertiary/aromatic N) is 1. The van der Waals surface area contributed by atoms with Gasteiger partial charge in [0.2, 0.25) is 5.91 Å². The summed E-state index contributed by atoms with van der Waals surface area (Å²) in [7, 11) is 1.63. The summed E-state index contributed by atoms with van der Waals surface area (Å²) in [5.41, 5.74) is 3.05. The number of amides is 2. The molecule has 160 valence electrons. The molecule has 4 rings (SSSR count). The molecule has 1 aromatic carbocycles. The Morgan fingerprint density at radius 3 is 2.73 bits per heavy atom. The number of carbonyl (C=O) groups is 2. The first kappa shape index (κ1) is 20.9. The van der Waals surface area contributed by atoms with E-state index in [1.165, 1.54) is 10.4 Å². The molecule has 1 aliphatic carbocycles. The van der Waals surface area contributed by atoms with Crippen LogP contribution in [0.2, 0.25) is 0 Å². The fourth-order valence-electron chi connectivity index (χ4n) is 4.53. The van der Waals surface area contributed by atoms with Crippen LogP contribution in [0.1, 0.15) is 52.5 Å². The molecule has 0 radical (unpaired) electrons. The van der Waals surface area contributed by atoms with Crippen molar-refractivity contribution in [3.63, 3.8) is 0 Å². The number of likely N-dealkylation sites (tertiary alicyclic amines) is 1. The number of hydrogen-bond acceptors (Lipinski definition) is 4. The van der Waals surface area contributed by atoms with Crippen LogP contribution in [-0.4, -0.2) is 43.0 Å². The lowest BCUT2D eigenvalue weighted by Crippen LogP contribution is -2.47. The summed E-state index contributed by atoms with van der Waals surface area (Å²) in [5, 5.41) is 5.25. The molecule has 5 nitrogen and oxygen atoms in total. The SMILES string of the molecule is COc1ccccc1CC(=O)N1CCC(NC(=O)c2csc3c2CCC(C)C3)CC1. The van der Waals surface area contributed by atoms with Gasteiger partial charge in [-0.15, -0.1) is 11.3 Å². The van der Waals surface area contributed by atoms with Crippen molar-refractivity contribution >= 4 is 23.2 Å². The lowest BCUT2D eigenvalue weighted by Gasteiger charge is -2.32. The van der Waals surface area contributed by atoms with Crippen LogP contribution in [0.3, 0.4) is 0 Å². The highest BCUT2D eigenvalue weighted by atomic mass is 32.1. The van der Waals surface area contributed by atoms with Gasteiger partial charge in [0.25, 0.3) is 5.91 Å². The smallest absolute Gasteiger partial charge is 0.252 e. The third-order valence-electron chi connectivity index (χ3n) is 6.36. The average molecular weight is 427 g/mol. The fourth-order valence-corrected chi connectivity index (χ4v) is 5.77. The van der Waals surface area contributed by atoms with E-state index in [2.05, 4.69) is 12.2 Å². The highest BCUT2D eigenvalue weighted by Crippen LogP contribution is 2.33. The second kappa shape index (κ2) is 9.21. The Kier molecular flexibility index (Phi) is 6.42. The third kappa shape index (κ3) is 4.53. The zero-order chi connectivity index (χ0) is 21.1. The Balaban J connectivity index is 1.30. The van der Waals surface area contributed by atoms with Crippen molar-refractivity contribution < 1.29 is 14.3 Å². The molecule has 1 atom stereocenters. The number of para-hydroxylation sites is 1. The summed E-state index contributed by atoms with van der Waals surface area (Å²) in [6, 6.07) is 7.79. The van der Waals surface area contributed by atoms with Crippen molar-refractivity contribution in [3.8, 4) is 5.75 Å². The Morgan fingerprint density at radius 2 is 1.97 bits per heavy atom. The van der Waals surface area contributed by atoms with Crippen LogP contribution >= 0.6 is 11.3 Å². The molecule has 0 bridgehead atoms. The first-order chi connectivity index (χ1) is 14.5. The first-order valence-electron chi connectivity index (χ1n) is 10.8. The molecule has 0 saturated carbocycles. The number of thiophene rings is 1. The van der Waals surface area contributed by atoms with Crippen LogP contribution in [0, 0.1) is 5.92 Å². The zero-order valence-corrected chi connectivity index (χ0v) is 18.6. The summed E-state index contributed by atoms with van der Waals surface area (Å²) in [6.45, 7) is 3.64. The average Bonchev–Trinajstić information content (AvgIpc) is 3.17. The topological polar surface area (TPSA) is 58.6 Å². The molecule has 0 spiro atoms. The molecule has 1 saturated heterocycles. The van der Waals surface area contributed by atoms with Gasteiger partial charge >= 0.3 is 0 Å². The van der Waals surface area contributed by atoms with E-state index < -0.39 is 0 Å². The van der Waals surface area contributed by atoms with Gasteiger partial charge in [0, 0.05) is 35.0 Å². The number of piperidine rings is 1. The van der Waals surface area contributed by atoms with Crippen LogP contribution in [-0.2, 0) is 24.1 Å². The minimum atomic E-state index is 0.0563. The minimum absolute atomic E-state index is 0.0563. The number of carbonyl (C=O) groups excluding carboxylic acids is 2. The van der Waals surface area contributed by atoms with E-state index in [-0.39, 0.29) is 17.9 Å². The van der Waals surface area contributed by atoms with Crippen molar-refractivity contribution in [2.24, 2.45) is 5.92 Å². The largest absolute Gasteiger partial charge is 0.496 e. The number of fused-ring (bicyclic) bond motifs is 1. The van der Waals surface area contributed by atoms with E-state index in [0.717, 1.165) is 49.0 Å². The predicted octanol–water partition coefficient (Wildman–Crippen LogP) is 3.85. The van der Waals surface area contributed by atoms with Gasteiger partial charge in [-0.05, 0) is 49.7 Å². The molecule has 2 aliphatic rings. The quantitative estimate of drug-likeness (QED) is 0.790. The molecule has 1 fully saturated rings. The molecule has 2 aromatic rings. The maximum Gasteiger partial charge on any atom is 0.252 e. The van der Waals surface area contributed by atoms with Crippen molar-refractivity contribution in [1.29, 1.82) is 0 Å². The predicted molar refractivity (Wildman–Crippen MR) is 119 cm³/mol. The van der Waals surface area contributed by atoms with E-state index in [9.17, 15) is 9.59 Å². The van der Waals surface area contributed by atoms with Gasteiger partial charge in [0.1, 0.15) is 5.75 Å². The van der Waals surface area contributed by atoms with Gasteiger partial charge in [-0.1, -0.05) is 25.1 Å². The summed E-state index contributed by atoms with van der Waals surface area (Å²) < 4.78 is 5.36. The summed E-state index contributed by atoms with van der Waals surface area (Å²) in [6.07, 6.45) is 5.22. The van der Waals surface area contributed by atoms with Crippen LogP contribution < -0.4 is 10.1 Å². The number of nitrogens with one attached hydrogen (secondary N) is 1. The Labute approximate surface area is 182 Å². The van der Waals surface area contributed by atoms with Gasteiger partial charge in [-0.25, -0.2) is 0 Å². The number of methoxy groups -OCH3 is 1. The van der Waals surface area contributed by atoms with Crippen LogP contribution in [0.5, 0.6) is 5.75 Å². The Bertz CT molecular complexity index is 915. The van der Waals surface area contributed by atoms with E-state index in [1.54, 1.807) is 18.4 Å². The van der Waals surface area contributed by atoms with E-state index in [1.807, 2.05) is 34.5 Å². The fraction of sp³-hybridized carbons (Fsp3) is 0.500. The molecule has 1 unspecified atom stereocenters. The molecule has 1 aromatic heterocycles. The minimum Gasteiger partial charge on any atom is -0.496 e. The normalized spacial score (nSPS) is 19.3. The maximum absolute atomic E-state index is 12.9. The van der Waals surface area contributed by atoms with Crippen LogP contribution in [0.4, 0.5) is 0 Å². The maximum atomic E-state index is 12.9. The lowest BCUT2D eigenvalue weighted by molar-refractivity contribution is -0.131. The second-order valence-corrected chi connectivity index (χ2v) is 9.48. The molecular weight excluding hydrogens is 396 g/mol. The molecule has 1 aliphatic heterocycles. The Hall–Kier alpha value is -2.34. The van der Waals surface area contributed by atoms with E-state index in [4.69, 9.17) is 4.74 Å². The summed E-state index contributed by atoms with van der Waals surface area (Å²) >= 11 is 1.73. The van der Waals surface area contributed by atoms with Crippen molar-refractivity contribution in [2.45, 2.75) is 51.5 Å². The summed E-state index contributed by atoms with van der Waals surface area (Å²) in [4.78, 5) is 28.9.